The van der Waals surface area contributed by atoms with Crippen LogP contribution in [0, 0.1) is 0 Å². The highest BCUT2D eigenvalue weighted by Crippen LogP contribution is 2.17. The van der Waals surface area contributed by atoms with Gasteiger partial charge in [0.2, 0.25) is 0 Å². The molecular formula is C22H39IN6. The van der Waals surface area contributed by atoms with Crippen molar-refractivity contribution < 1.29 is 0 Å². The zero-order valence-electron chi connectivity index (χ0n) is 17.9. The number of nitrogens with two attached hydrogens (primary N) is 1. The van der Waals surface area contributed by atoms with Crippen molar-refractivity contribution in [2.24, 2.45) is 10.7 Å². The van der Waals surface area contributed by atoms with Crippen LogP contribution in [0.3, 0.4) is 0 Å². The van der Waals surface area contributed by atoms with Crippen LogP contribution in [0.25, 0.3) is 0 Å². The monoisotopic (exact) mass is 514 g/mol. The van der Waals surface area contributed by atoms with Gasteiger partial charge in [0.25, 0.3) is 0 Å². The molecule has 3 N–H and O–H groups in total. The van der Waals surface area contributed by atoms with Crippen LogP contribution < -0.4 is 16.0 Å². The summed E-state index contributed by atoms with van der Waals surface area (Å²) in [6, 6.07) is 11.3. The van der Waals surface area contributed by atoms with Gasteiger partial charge in [0.1, 0.15) is 0 Å². The van der Waals surface area contributed by atoms with Gasteiger partial charge in [-0.05, 0) is 57.5 Å². The number of benzene rings is 1. The van der Waals surface area contributed by atoms with Gasteiger partial charge in [0, 0.05) is 44.5 Å². The molecule has 3 rings (SSSR count). The number of hydrogen-bond acceptors (Lipinski definition) is 4. The van der Waals surface area contributed by atoms with Crippen molar-refractivity contribution in [3.63, 3.8) is 0 Å². The molecule has 7 heteroatoms. The Balaban J connectivity index is 0.00000300. The van der Waals surface area contributed by atoms with Crippen molar-refractivity contribution in [3.05, 3.63) is 30.3 Å². The lowest BCUT2D eigenvalue weighted by molar-refractivity contribution is 0.253. The normalized spacial score (nSPS) is 21.2. The molecular weight excluding hydrogens is 475 g/mol. The molecule has 0 aromatic heterocycles. The molecule has 6 nitrogen and oxygen atoms in total. The summed E-state index contributed by atoms with van der Waals surface area (Å²) in [6.07, 6.45) is 4.89. The molecule has 0 radical (unpaired) electrons. The average Bonchev–Trinajstić information content (AvgIpc) is 3.21. The summed E-state index contributed by atoms with van der Waals surface area (Å²) in [5, 5.41) is 3.29. The van der Waals surface area contributed by atoms with E-state index in [0.29, 0.717) is 12.0 Å². The Morgan fingerprint density at radius 2 is 1.86 bits per heavy atom. The third-order valence-electron chi connectivity index (χ3n) is 6.08. The van der Waals surface area contributed by atoms with E-state index < -0.39 is 0 Å². The van der Waals surface area contributed by atoms with Crippen LogP contribution in [-0.2, 0) is 0 Å². The van der Waals surface area contributed by atoms with Gasteiger partial charge in [-0.3, -0.25) is 14.8 Å². The summed E-state index contributed by atoms with van der Waals surface area (Å²) in [7, 11) is 0. The number of nitrogens with zero attached hydrogens (tertiary/aromatic N) is 4. The van der Waals surface area contributed by atoms with Gasteiger partial charge in [-0.25, -0.2) is 0 Å². The fraction of sp³-hybridized carbons (Fsp3) is 0.682. The fourth-order valence-electron chi connectivity index (χ4n) is 4.32. The molecule has 0 bridgehead atoms. The van der Waals surface area contributed by atoms with E-state index in [2.05, 4.69) is 62.3 Å². The van der Waals surface area contributed by atoms with E-state index in [-0.39, 0.29) is 24.0 Å². The van der Waals surface area contributed by atoms with E-state index in [9.17, 15) is 0 Å². The minimum atomic E-state index is 0. The number of unbranched alkanes of at least 4 members (excludes halogenated alkanes) is 1. The van der Waals surface area contributed by atoms with Crippen LogP contribution in [0.5, 0.6) is 0 Å². The summed E-state index contributed by atoms with van der Waals surface area (Å²) >= 11 is 0. The van der Waals surface area contributed by atoms with Crippen LogP contribution in [0.2, 0.25) is 0 Å². The highest BCUT2D eigenvalue weighted by Gasteiger charge is 2.22. The van der Waals surface area contributed by atoms with Crippen molar-refractivity contribution in [2.75, 3.05) is 63.8 Å². The number of nitrogens with one attached hydrogen (secondary N) is 1. The molecule has 2 aliphatic heterocycles. The first-order valence-electron chi connectivity index (χ1n) is 11.1. The number of halogens is 1. The first-order chi connectivity index (χ1) is 13.8. The molecule has 0 aliphatic carbocycles. The van der Waals surface area contributed by atoms with Crippen LogP contribution in [-0.4, -0.2) is 80.7 Å². The molecule has 164 valence electrons. The Hall–Kier alpha value is -1.06. The largest absolute Gasteiger partial charge is 0.370 e. The summed E-state index contributed by atoms with van der Waals surface area (Å²) in [5.41, 5.74) is 7.39. The van der Waals surface area contributed by atoms with Gasteiger partial charge >= 0.3 is 0 Å². The lowest BCUT2D eigenvalue weighted by Gasteiger charge is -2.36. The van der Waals surface area contributed by atoms with Crippen LogP contribution in [0.1, 0.15) is 32.6 Å². The number of hydrogen-bond donors (Lipinski definition) is 2. The van der Waals surface area contributed by atoms with Gasteiger partial charge in [0.05, 0.1) is 6.54 Å². The van der Waals surface area contributed by atoms with E-state index in [0.717, 1.165) is 52.2 Å². The Bertz CT molecular complexity index is 588. The Labute approximate surface area is 193 Å². The van der Waals surface area contributed by atoms with Gasteiger partial charge in [-0.2, -0.15) is 0 Å². The molecule has 2 fully saturated rings. The zero-order chi connectivity index (χ0) is 19.6. The SMILES string of the molecule is CCN1CCCC1CN=C(N)NCCCCN1CCN(c2ccccc2)CC1.I. The number of anilines is 1. The van der Waals surface area contributed by atoms with E-state index >= 15 is 0 Å². The maximum Gasteiger partial charge on any atom is 0.188 e. The highest BCUT2D eigenvalue weighted by molar-refractivity contribution is 14.0. The van der Waals surface area contributed by atoms with Gasteiger partial charge < -0.3 is 16.0 Å². The molecule has 1 unspecified atom stereocenters. The second-order valence-electron chi connectivity index (χ2n) is 7.95. The molecule has 1 atom stereocenters. The Morgan fingerprint density at radius 1 is 1.10 bits per heavy atom. The number of likely N-dealkylation sites (N-methyl/N-ethyl adjacent to an activating group) is 1. The van der Waals surface area contributed by atoms with E-state index in [1.54, 1.807) is 0 Å². The molecule has 2 aliphatic rings. The Morgan fingerprint density at radius 3 is 2.59 bits per heavy atom. The van der Waals surface area contributed by atoms with Crippen LogP contribution >= 0.6 is 24.0 Å². The predicted molar refractivity (Wildman–Crippen MR) is 135 cm³/mol. The minimum Gasteiger partial charge on any atom is -0.370 e. The molecule has 1 aromatic carbocycles. The van der Waals surface area contributed by atoms with Crippen molar-refractivity contribution in [1.29, 1.82) is 0 Å². The second kappa shape index (κ2) is 13.3. The first kappa shape index (κ1) is 24.2. The third kappa shape index (κ3) is 7.94. The summed E-state index contributed by atoms with van der Waals surface area (Å²) in [6.45, 7) is 12.0. The molecule has 0 amide bonds. The van der Waals surface area contributed by atoms with Gasteiger partial charge in [-0.15, -0.1) is 24.0 Å². The average molecular weight is 515 g/mol. The van der Waals surface area contributed by atoms with Crippen LogP contribution in [0.15, 0.2) is 35.3 Å². The van der Waals surface area contributed by atoms with Gasteiger partial charge in [-0.1, -0.05) is 25.1 Å². The molecule has 2 heterocycles. The molecule has 0 spiro atoms. The zero-order valence-corrected chi connectivity index (χ0v) is 20.3. The van der Waals surface area contributed by atoms with Crippen molar-refractivity contribution in [2.45, 2.75) is 38.6 Å². The minimum absolute atomic E-state index is 0. The standard InChI is InChI=1S/C22H38N6.HI/c1-2-27-14-8-11-21(27)19-25-22(23)24-12-6-7-13-26-15-17-28(18-16-26)20-9-4-3-5-10-20;/h3-5,9-10,21H,2,6-8,11-19H2,1H3,(H3,23,24,25);1H. The topological polar surface area (TPSA) is 60.1 Å². The number of rotatable bonds is 9. The lowest BCUT2D eigenvalue weighted by atomic mass is 10.2. The summed E-state index contributed by atoms with van der Waals surface area (Å²) in [4.78, 5) is 12.1. The molecule has 0 saturated carbocycles. The maximum absolute atomic E-state index is 6.04. The molecule has 29 heavy (non-hydrogen) atoms. The van der Waals surface area contributed by atoms with Crippen molar-refractivity contribution in [1.82, 2.24) is 15.1 Å². The van der Waals surface area contributed by atoms with E-state index in [1.807, 2.05) is 0 Å². The van der Waals surface area contributed by atoms with Crippen molar-refractivity contribution in [3.8, 4) is 0 Å². The van der Waals surface area contributed by atoms with E-state index in [4.69, 9.17) is 5.73 Å². The predicted octanol–water partition coefficient (Wildman–Crippen LogP) is 2.60. The third-order valence-corrected chi connectivity index (χ3v) is 6.08. The number of piperazine rings is 1. The number of para-hydroxylation sites is 1. The summed E-state index contributed by atoms with van der Waals surface area (Å²) in [5.74, 6) is 0.611. The number of aliphatic imine (C=N–C) groups is 1. The van der Waals surface area contributed by atoms with E-state index in [1.165, 1.54) is 38.0 Å². The summed E-state index contributed by atoms with van der Waals surface area (Å²) < 4.78 is 0. The number of likely N-dealkylation sites (tertiary alicyclic amines) is 1. The maximum atomic E-state index is 6.04. The number of guanidine groups is 1. The van der Waals surface area contributed by atoms with Gasteiger partial charge in [0.15, 0.2) is 5.96 Å². The van der Waals surface area contributed by atoms with Crippen molar-refractivity contribution >= 4 is 35.6 Å². The van der Waals surface area contributed by atoms with Crippen LogP contribution in [0.4, 0.5) is 5.69 Å². The lowest BCUT2D eigenvalue weighted by Crippen LogP contribution is -2.46. The molecule has 1 aromatic rings. The quantitative estimate of drug-likeness (QED) is 0.230. The fourth-order valence-corrected chi connectivity index (χ4v) is 4.32. The second-order valence-corrected chi connectivity index (χ2v) is 7.95. The smallest absolute Gasteiger partial charge is 0.188 e. The highest BCUT2D eigenvalue weighted by atomic mass is 127. The Kier molecular flexibility index (Phi) is 11.1. The first-order valence-corrected chi connectivity index (χ1v) is 11.1. The molecule has 2 saturated heterocycles.